The zero-order chi connectivity index (χ0) is 23.6. The van der Waals surface area contributed by atoms with Gasteiger partial charge in [0, 0.05) is 24.7 Å². The molecule has 2 aromatic rings. The number of nitrogens with one attached hydrogen (secondary N) is 1. The summed E-state index contributed by atoms with van der Waals surface area (Å²) in [5.41, 5.74) is 7.82. The number of benzene rings is 1. The van der Waals surface area contributed by atoms with E-state index in [0.717, 1.165) is 24.0 Å². The van der Waals surface area contributed by atoms with E-state index in [0.29, 0.717) is 37.9 Å². The molecule has 1 aliphatic rings. The van der Waals surface area contributed by atoms with Gasteiger partial charge in [-0.25, -0.2) is 4.98 Å². The van der Waals surface area contributed by atoms with Crippen LogP contribution in [0, 0.1) is 0 Å². The molecule has 0 spiro atoms. The minimum Gasteiger partial charge on any atom is -0.481 e. The summed E-state index contributed by atoms with van der Waals surface area (Å²) in [5.74, 6) is -0.858. The second kappa shape index (κ2) is 12.0. The highest BCUT2D eigenvalue weighted by Crippen LogP contribution is 2.27. The molecule has 0 bridgehead atoms. The highest BCUT2D eigenvalue weighted by atomic mass is 16.4. The predicted octanol–water partition coefficient (Wildman–Crippen LogP) is 2.57. The van der Waals surface area contributed by atoms with Crippen LogP contribution >= 0.6 is 0 Å². The van der Waals surface area contributed by atoms with Crippen molar-refractivity contribution >= 4 is 23.6 Å². The van der Waals surface area contributed by atoms with E-state index in [1.807, 2.05) is 36.4 Å². The summed E-state index contributed by atoms with van der Waals surface area (Å²) in [7, 11) is 0. The monoisotopic (exact) mass is 452 g/mol. The highest BCUT2D eigenvalue weighted by molar-refractivity contribution is 5.85. The molecule has 1 aromatic heterocycles. The van der Waals surface area contributed by atoms with E-state index in [2.05, 4.69) is 10.3 Å². The second-order valence-corrected chi connectivity index (χ2v) is 8.58. The molecule has 4 N–H and O–H groups in total. The fraction of sp³-hybridized carbons (Fsp3) is 0.440. The number of nitrogens with two attached hydrogens (primary N) is 1. The molecular weight excluding hydrogens is 420 g/mol. The number of nitrogens with zero attached hydrogens (tertiary/aromatic N) is 2. The molecule has 1 heterocycles. The lowest BCUT2D eigenvalue weighted by molar-refractivity contribution is -0.139. The van der Waals surface area contributed by atoms with Gasteiger partial charge in [0.25, 0.3) is 0 Å². The van der Waals surface area contributed by atoms with E-state index in [1.54, 1.807) is 17.2 Å². The third-order valence-corrected chi connectivity index (χ3v) is 5.73. The number of nitrogen functional groups attached to an aromatic ring is 1. The fourth-order valence-electron chi connectivity index (χ4n) is 3.89. The number of hydrogen-bond acceptors (Lipinski definition) is 5. The SMILES string of the molecule is Nc1cc(CCCC(=O)N(CC(=O)N[C@H](CCc2ccccc2)CC(=O)O)C2CC2)ccn1. The summed E-state index contributed by atoms with van der Waals surface area (Å²) in [6.07, 6.45) is 6.20. The number of aliphatic carboxylic acids is 1. The Balaban J connectivity index is 1.49. The first-order chi connectivity index (χ1) is 15.9. The van der Waals surface area contributed by atoms with Gasteiger partial charge in [-0.2, -0.15) is 0 Å². The summed E-state index contributed by atoms with van der Waals surface area (Å²) in [5, 5.41) is 12.1. The van der Waals surface area contributed by atoms with Crippen LogP contribution in [-0.4, -0.2) is 51.4 Å². The smallest absolute Gasteiger partial charge is 0.305 e. The van der Waals surface area contributed by atoms with E-state index in [4.69, 9.17) is 5.73 Å². The Morgan fingerprint density at radius 3 is 2.55 bits per heavy atom. The molecule has 3 rings (SSSR count). The van der Waals surface area contributed by atoms with Crippen molar-refractivity contribution in [1.29, 1.82) is 0 Å². The molecular formula is C25H32N4O4. The molecule has 1 fully saturated rings. The van der Waals surface area contributed by atoms with Crippen LogP contribution in [0.4, 0.5) is 5.82 Å². The van der Waals surface area contributed by atoms with E-state index in [-0.39, 0.29) is 30.8 Å². The molecule has 2 amide bonds. The number of aryl methyl sites for hydroxylation is 2. The third-order valence-electron chi connectivity index (χ3n) is 5.73. The molecule has 1 saturated carbocycles. The minimum absolute atomic E-state index is 0.0346. The van der Waals surface area contributed by atoms with Crippen LogP contribution in [0.25, 0.3) is 0 Å². The molecule has 176 valence electrons. The second-order valence-electron chi connectivity index (χ2n) is 8.58. The molecule has 0 radical (unpaired) electrons. The number of amides is 2. The Labute approximate surface area is 194 Å². The van der Waals surface area contributed by atoms with Crippen molar-refractivity contribution in [2.45, 2.75) is 63.5 Å². The zero-order valence-electron chi connectivity index (χ0n) is 18.8. The maximum Gasteiger partial charge on any atom is 0.305 e. The number of pyridine rings is 1. The number of carboxylic acid groups (broad SMARTS) is 1. The number of anilines is 1. The minimum atomic E-state index is -0.958. The van der Waals surface area contributed by atoms with Crippen LogP contribution in [0.2, 0.25) is 0 Å². The summed E-state index contributed by atoms with van der Waals surface area (Å²) in [6.45, 7) is -0.0346. The van der Waals surface area contributed by atoms with Crippen LogP contribution in [0.5, 0.6) is 0 Å². The van der Waals surface area contributed by atoms with Crippen molar-refractivity contribution < 1.29 is 19.5 Å². The predicted molar refractivity (Wildman–Crippen MR) is 125 cm³/mol. The van der Waals surface area contributed by atoms with Crippen molar-refractivity contribution in [2.75, 3.05) is 12.3 Å². The van der Waals surface area contributed by atoms with Gasteiger partial charge in [-0.1, -0.05) is 30.3 Å². The third kappa shape index (κ3) is 8.56. The average Bonchev–Trinajstić information content (AvgIpc) is 3.61. The first-order valence-corrected chi connectivity index (χ1v) is 11.5. The topological polar surface area (TPSA) is 126 Å². The maximum atomic E-state index is 12.8. The van der Waals surface area contributed by atoms with Gasteiger partial charge in [-0.3, -0.25) is 14.4 Å². The summed E-state index contributed by atoms with van der Waals surface area (Å²) in [6, 6.07) is 13.0. The van der Waals surface area contributed by atoms with E-state index < -0.39 is 12.0 Å². The van der Waals surface area contributed by atoms with Crippen LogP contribution in [0.3, 0.4) is 0 Å². The molecule has 1 aromatic carbocycles. The van der Waals surface area contributed by atoms with Gasteiger partial charge in [0.05, 0.1) is 13.0 Å². The number of aromatic nitrogens is 1. The number of hydrogen-bond donors (Lipinski definition) is 3. The lowest BCUT2D eigenvalue weighted by Gasteiger charge is -2.24. The number of rotatable bonds is 13. The first-order valence-electron chi connectivity index (χ1n) is 11.5. The van der Waals surface area contributed by atoms with Gasteiger partial charge in [-0.15, -0.1) is 0 Å². The first kappa shape index (κ1) is 24.2. The summed E-state index contributed by atoms with van der Waals surface area (Å²) < 4.78 is 0. The molecule has 0 aliphatic heterocycles. The highest BCUT2D eigenvalue weighted by Gasteiger charge is 2.33. The van der Waals surface area contributed by atoms with Crippen molar-refractivity contribution in [3.05, 3.63) is 59.8 Å². The lowest BCUT2D eigenvalue weighted by Crippen LogP contribution is -2.45. The van der Waals surface area contributed by atoms with Crippen LogP contribution in [0.1, 0.15) is 49.7 Å². The van der Waals surface area contributed by atoms with Crippen molar-refractivity contribution in [3.63, 3.8) is 0 Å². The zero-order valence-corrected chi connectivity index (χ0v) is 18.8. The quantitative estimate of drug-likeness (QED) is 0.429. The Bertz CT molecular complexity index is 946. The lowest BCUT2D eigenvalue weighted by atomic mass is 10.0. The fourth-order valence-corrected chi connectivity index (χ4v) is 3.89. The number of carbonyl (C=O) groups excluding carboxylic acids is 2. The van der Waals surface area contributed by atoms with Crippen LogP contribution in [0.15, 0.2) is 48.7 Å². The molecule has 1 atom stereocenters. The molecule has 8 heteroatoms. The van der Waals surface area contributed by atoms with Crippen molar-refractivity contribution in [1.82, 2.24) is 15.2 Å². The Morgan fingerprint density at radius 2 is 1.88 bits per heavy atom. The standard InChI is InChI=1S/C25H32N4O4/c26-22-15-19(13-14-27-22)7-4-8-24(31)29(21-11-12-21)17-23(30)28-20(16-25(32)33)10-9-18-5-2-1-3-6-18/h1-3,5-6,13-15,20-21H,4,7-12,16-17H2,(H2,26,27)(H,28,30)(H,32,33)/t20-/m1/s1. The molecule has 0 unspecified atom stereocenters. The van der Waals surface area contributed by atoms with Crippen molar-refractivity contribution in [2.24, 2.45) is 0 Å². The van der Waals surface area contributed by atoms with Gasteiger partial charge in [-0.05, 0) is 61.8 Å². The van der Waals surface area contributed by atoms with Gasteiger partial charge in [0.2, 0.25) is 11.8 Å². The van der Waals surface area contributed by atoms with Gasteiger partial charge in [0.15, 0.2) is 0 Å². The number of carboxylic acids is 1. The van der Waals surface area contributed by atoms with E-state index >= 15 is 0 Å². The summed E-state index contributed by atoms with van der Waals surface area (Å²) in [4.78, 5) is 42.4. The van der Waals surface area contributed by atoms with Gasteiger partial charge < -0.3 is 21.1 Å². The van der Waals surface area contributed by atoms with E-state index in [9.17, 15) is 19.5 Å². The largest absolute Gasteiger partial charge is 0.481 e. The van der Waals surface area contributed by atoms with E-state index in [1.165, 1.54) is 0 Å². The molecule has 8 nitrogen and oxygen atoms in total. The number of carbonyl (C=O) groups is 3. The van der Waals surface area contributed by atoms with Crippen LogP contribution < -0.4 is 11.1 Å². The maximum absolute atomic E-state index is 12.8. The molecule has 1 aliphatic carbocycles. The average molecular weight is 453 g/mol. The van der Waals surface area contributed by atoms with Crippen molar-refractivity contribution in [3.8, 4) is 0 Å². The Hall–Kier alpha value is -3.42. The van der Waals surface area contributed by atoms with Gasteiger partial charge in [0.1, 0.15) is 5.82 Å². The van der Waals surface area contributed by atoms with Crippen LogP contribution in [-0.2, 0) is 27.2 Å². The Kier molecular flexibility index (Phi) is 8.80. The molecule has 0 saturated heterocycles. The molecule has 33 heavy (non-hydrogen) atoms. The Morgan fingerprint density at radius 1 is 1.12 bits per heavy atom. The summed E-state index contributed by atoms with van der Waals surface area (Å²) >= 11 is 0. The normalized spacial score (nSPS) is 13.8. The van der Waals surface area contributed by atoms with Gasteiger partial charge >= 0.3 is 5.97 Å².